The van der Waals surface area contributed by atoms with E-state index in [4.69, 9.17) is 5.73 Å². The fourth-order valence-corrected chi connectivity index (χ4v) is 1.83. The van der Waals surface area contributed by atoms with Gasteiger partial charge in [-0.3, -0.25) is 0 Å². The van der Waals surface area contributed by atoms with Crippen LogP contribution in [-0.4, -0.2) is 0 Å². The lowest BCUT2D eigenvalue weighted by molar-refractivity contribution is 0.630. The minimum absolute atomic E-state index is 0.187. The van der Waals surface area contributed by atoms with Crippen LogP contribution in [0.25, 0.3) is 11.1 Å². The van der Waals surface area contributed by atoms with Crippen LogP contribution in [0.2, 0.25) is 0 Å². The van der Waals surface area contributed by atoms with Crippen molar-refractivity contribution in [2.24, 2.45) is 0 Å². The molecule has 1 nitrogen and oxygen atoms in total. The van der Waals surface area contributed by atoms with Gasteiger partial charge in [0.05, 0.1) is 0 Å². The van der Waals surface area contributed by atoms with Crippen molar-refractivity contribution in [2.45, 2.75) is 13.8 Å². The van der Waals surface area contributed by atoms with Crippen LogP contribution in [0.4, 0.5) is 10.1 Å². The molecule has 0 aromatic heterocycles. The molecule has 0 aliphatic carbocycles. The van der Waals surface area contributed by atoms with Crippen molar-refractivity contribution < 1.29 is 4.39 Å². The van der Waals surface area contributed by atoms with Gasteiger partial charge < -0.3 is 5.73 Å². The van der Waals surface area contributed by atoms with Gasteiger partial charge in [-0.05, 0) is 48.7 Å². The van der Waals surface area contributed by atoms with Crippen LogP contribution in [0.15, 0.2) is 36.4 Å². The third kappa shape index (κ3) is 1.91. The Morgan fingerprint density at radius 2 is 1.62 bits per heavy atom. The molecule has 0 unspecified atom stereocenters. The van der Waals surface area contributed by atoms with Crippen molar-refractivity contribution in [3.8, 4) is 11.1 Å². The molecule has 0 heterocycles. The molecular weight excluding hydrogens is 201 g/mol. The van der Waals surface area contributed by atoms with E-state index in [0.29, 0.717) is 11.3 Å². The standard InChI is InChI=1S/C14H14FN/c1-9-3-5-13(14(15)7-9)12-6-4-11(16)8-10(12)2/h3-8H,16H2,1-2H3. The molecule has 2 N–H and O–H groups in total. The van der Waals surface area contributed by atoms with E-state index < -0.39 is 0 Å². The van der Waals surface area contributed by atoms with Crippen LogP contribution < -0.4 is 5.73 Å². The molecule has 0 atom stereocenters. The van der Waals surface area contributed by atoms with Crippen LogP contribution in [-0.2, 0) is 0 Å². The number of nitrogen functional groups attached to an aromatic ring is 1. The Morgan fingerprint density at radius 1 is 0.938 bits per heavy atom. The van der Waals surface area contributed by atoms with Gasteiger partial charge in [-0.15, -0.1) is 0 Å². The Morgan fingerprint density at radius 3 is 2.25 bits per heavy atom. The highest BCUT2D eigenvalue weighted by atomic mass is 19.1. The Bertz CT molecular complexity index is 483. The molecule has 2 rings (SSSR count). The fraction of sp³-hybridized carbons (Fsp3) is 0.143. The van der Waals surface area contributed by atoms with Crippen molar-refractivity contribution in [1.29, 1.82) is 0 Å². The summed E-state index contributed by atoms with van der Waals surface area (Å²) in [6.45, 7) is 3.81. The first-order valence-corrected chi connectivity index (χ1v) is 5.20. The molecular formula is C14H14FN. The first kappa shape index (κ1) is 10.7. The molecule has 0 radical (unpaired) electrons. The number of halogens is 1. The largest absolute Gasteiger partial charge is 0.399 e. The lowest BCUT2D eigenvalue weighted by Crippen LogP contribution is -1.91. The average Bonchev–Trinajstić information content (AvgIpc) is 2.19. The number of rotatable bonds is 1. The monoisotopic (exact) mass is 215 g/mol. The van der Waals surface area contributed by atoms with Gasteiger partial charge in [0.2, 0.25) is 0 Å². The number of anilines is 1. The summed E-state index contributed by atoms with van der Waals surface area (Å²) >= 11 is 0. The van der Waals surface area contributed by atoms with Crippen LogP contribution >= 0.6 is 0 Å². The normalized spacial score (nSPS) is 10.4. The number of benzene rings is 2. The van der Waals surface area contributed by atoms with E-state index in [1.165, 1.54) is 0 Å². The Labute approximate surface area is 94.7 Å². The van der Waals surface area contributed by atoms with Crippen LogP contribution in [0, 0.1) is 19.7 Å². The lowest BCUT2D eigenvalue weighted by atomic mass is 9.98. The van der Waals surface area contributed by atoms with Crippen molar-refractivity contribution >= 4 is 5.69 Å². The van der Waals surface area contributed by atoms with Crippen molar-refractivity contribution in [2.75, 3.05) is 5.73 Å². The maximum atomic E-state index is 13.8. The summed E-state index contributed by atoms with van der Waals surface area (Å²) in [7, 11) is 0. The summed E-state index contributed by atoms with van der Waals surface area (Å²) in [5, 5.41) is 0. The molecule has 82 valence electrons. The molecule has 0 spiro atoms. The second-order valence-electron chi connectivity index (χ2n) is 4.06. The van der Waals surface area contributed by atoms with E-state index in [-0.39, 0.29) is 5.82 Å². The van der Waals surface area contributed by atoms with Crippen LogP contribution in [0.3, 0.4) is 0 Å². The highest BCUT2D eigenvalue weighted by molar-refractivity contribution is 5.70. The second-order valence-corrected chi connectivity index (χ2v) is 4.06. The molecule has 0 saturated heterocycles. The zero-order valence-electron chi connectivity index (χ0n) is 9.42. The summed E-state index contributed by atoms with van der Waals surface area (Å²) in [5.74, 6) is -0.187. The summed E-state index contributed by atoms with van der Waals surface area (Å²) < 4.78 is 13.8. The predicted molar refractivity (Wildman–Crippen MR) is 65.7 cm³/mol. The van der Waals surface area contributed by atoms with E-state index in [1.54, 1.807) is 12.1 Å². The molecule has 0 aliphatic heterocycles. The zero-order chi connectivity index (χ0) is 11.7. The summed E-state index contributed by atoms with van der Waals surface area (Å²) in [4.78, 5) is 0. The van der Waals surface area contributed by atoms with Gasteiger partial charge in [-0.1, -0.05) is 18.2 Å². The van der Waals surface area contributed by atoms with E-state index in [1.807, 2.05) is 38.1 Å². The van der Waals surface area contributed by atoms with Gasteiger partial charge in [-0.25, -0.2) is 4.39 Å². The summed E-state index contributed by atoms with van der Waals surface area (Å²) in [6.07, 6.45) is 0. The van der Waals surface area contributed by atoms with Gasteiger partial charge >= 0.3 is 0 Å². The van der Waals surface area contributed by atoms with Crippen molar-refractivity contribution in [1.82, 2.24) is 0 Å². The highest BCUT2D eigenvalue weighted by Crippen LogP contribution is 2.27. The maximum Gasteiger partial charge on any atom is 0.131 e. The smallest absolute Gasteiger partial charge is 0.131 e. The SMILES string of the molecule is Cc1ccc(-c2ccc(N)cc2C)c(F)c1. The number of nitrogens with two attached hydrogens (primary N) is 1. The summed E-state index contributed by atoms with van der Waals surface area (Å²) in [5.41, 5.74) is 9.81. The van der Waals surface area contributed by atoms with Crippen LogP contribution in [0.5, 0.6) is 0 Å². The molecule has 2 aromatic carbocycles. The second kappa shape index (κ2) is 3.97. The predicted octanol–water partition coefficient (Wildman–Crippen LogP) is 3.69. The Balaban J connectivity index is 2.59. The quantitative estimate of drug-likeness (QED) is 0.721. The number of aryl methyl sites for hydroxylation is 2. The van der Waals surface area contributed by atoms with Crippen molar-refractivity contribution in [3.63, 3.8) is 0 Å². The van der Waals surface area contributed by atoms with E-state index >= 15 is 0 Å². The molecule has 16 heavy (non-hydrogen) atoms. The minimum Gasteiger partial charge on any atom is -0.399 e. The van der Waals surface area contributed by atoms with E-state index in [2.05, 4.69) is 0 Å². The molecule has 0 aliphatic rings. The van der Waals surface area contributed by atoms with Crippen molar-refractivity contribution in [3.05, 3.63) is 53.3 Å². The Kier molecular flexibility index (Phi) is 2.65. The van der Waals surface area contributed by atoms with Gasteiger partial charge in [0, 0.05) is 11.3 Å². The van der Waals surface area contributed by atoms with Gasteiger partial charge in [0.25, 0.3) is 0 Å². The van der Waals surface area contributed by atoms with Gasteiger partial charge in [0.15, 0.2) is 0 Å². The molecule has 0 fully saturated rings. The lowest BCUT2D eigenvalue weighted by Gasteiger charge is -2.08. The average molecular weight is 215 g/mol. The first-order chi connectivity index (χ1) is 7.58. The van der Waals surface area contributed by atoms with Gasteiger partial charge in [0.1, 0.15) is 5.82 Å². The van der Waals surface area contributed by atoms with Gasteiger partial charge in [-0.2, -0.15) is 0 Å². The fourth-order valence-electron chi connectivity index (χ4n) is 1.83. The highest BCUT2D eigenvalue weighted by Gasteiger charge is 2.07. The number of hydrogen-bond acceptors (Lipinski definition) is 1. The third-order valence-electron chi connectivity index (χ3n) is 2.67. The zero-order valence-corrected chi connectivity index (χ0v) is 9.42. The molecule has 0 amide bonds. The maximum absolute atomic E-state index is 13.8. The molecule has 0 saturated carbocycles. The minimum atomic E-state index is -0.187. The van der Waals surface area contributed by atoms with E-state index in [0.717, 1.165) is 16.7 Å². The molecule has 0 bridgehead atoms. The van der Waals surface area contributed by atoms with E-state index in [9.17, 15) is 4.39 Å². The topological polar surface area (TPSA) is 26.0 Å². The first-order valence-electron chi connectivity index (χ1n) is 5.20. The molecule has 2 heteroatoms. The summed E-state index contributed by atoms with van der Waals surface area (Å²) in [6, 6.07) is 10.8. The number of hydrogen-bond donors (Lipinski definition) is 1. The molecule has 2 aromatic rings. The third-order valence-corrected chi connectivity index (χ3v) is 2.67. The Hall–Kier alpha value is -1.83. The van der Waals surface area contributed by atoms with Crippen LogP contribution in [0.1, 0.15) is 11.1 Å².